The topological polar surface area (TPSA) is 91.8 Å². The van der Waals surface area contributed by atoms with Crippen LogP contribution in [0.1, 0.15) is 29.7 Å². The number of rotatable bonds is 4. The van der Waals surface area contributed by atoms with Gasteiger partial charge in [-0.15, -0.1) is 0 Å². The summed E-state index contributed by atoms with van der Waals surface area (Å²) in [6.45, 7) is 3.95. The summed E-state index contributed by atoms with van der Waals surface area (Å²) in [7, 11) is 0. The number of nitro groups is 1. The molecule has 0 saturated carbocycles. The molecule has 0 aliphatic rings. The number of nitrogens with one attached hydrogen (secondary N) is 1. The van der Waals surface area contributed by atoms with Crippen LogP contribution in [0, 0.1) is 28.4 Å². The van der Waals surface area contributed by atoms with Gasteiger partial charge in [-0.2, -0.15) is 5.26 Å². The van der Waals surface area contributed by atoms with E-state index in [0.29, 0.717) is 5.82 Å². The van der Waals surface area contributed by atoms with Gasteiger partial charge in [0.25, 0.3) is 5.69 Å². The Labute approximate surface area is 122 Å². The molecule has 6 heteroatoms. The molecule has 0 aliphatic heterocycles. The van der Waals surface area contributed by atoms with Gasteiger partial charge < -0.3 is 5.32 Å². The zero-order valence-electron chi connectivity index (χ0n) is 11.7. The van der Waals surface area contributed by atoms with Crippen molar-refractivity contribution in [1.29, 1.82) is 5.26 Å². The lowest BCUT2D eigenvalue weighted by Crippen LogP contribution is -2.09. The molecule has 0 bridgehead atoms. The molecule has 0 aliphatic carbocycles. The second-order valence-corrected chi connectivity index (χ2v) is 4.74. The van der Waals surface area contributed by atoms with Crippen LogP contribution in [0.25, 0.3) is 0 Å². The van der Waals surface area contributed by atoms with E-state index in [-0.39, 0.29) is 17.3 Å². The van der Waals surface area contributed by atoms with Crippen LogP contribution in [0.15, 0.2) is 36.5 Å². The van der Waals surface area contributed by atoms with E-state index in [9.17, 15) is 10.1 Å². The van der Waals surface area contributed by atoms with Crippen molar-refractivity contribution in [3.63, 3.8) is 0 Å². The number of pyridine rings is 1. The number of hydrogen-bond donors (Lipinski definition) is 1. The first-order chi connectivity index (χ1) is 10.0. The SMILES string of the molecule is Cc1ccc(C(C)Nc2ncc([N+](=O)[O-])cc2C#N)cc1. The van der Waals surface area contributed by atoms with Crippen LogP contribution < -0.4 is 5.32 Å². The summed E-state index contributed by atoms with van der Waals surface area (Å²) in [6, 6.07) is 11.1. The van der Waals surface area contributed by atoms with Crippen molar-refractivity contribution in [1.82, 2.24) is 4.98 Å². The highest BCUT2D eigenvalue weighted by Crippen LogP contribution is 2.23. The minimum Gasteiger partial charge on any atom is -0.362 e. The number of hydrogen-bond acceptors (Lipinski definition) is 5. The molecule has 1 aromatic heterocycles. The lowest BCUT2D eigenvalue weighted by atomic mass is 10.1. The van der Waals surface area contributed by atoms with E-state index in [0.717, 1.165) is 17.3 Å². The molecule has 1 unspecified atom stereocenters. The first kappa shape index (κ1) is 14.5. The molecule has 1 N–H and O–H groups in total. The van der Waals surface area contributed by atoms with Gasteiger partial charge in [0.15, 0.2) is 0 Å². The number of nitriles is 1. The zero-order chi connectivity index (χ0) is 15.4. The average Bonchev–Trinajstić information content (AvgIpc) is 2.48. The predicted octanol–water partition coefficient (Wildman–Crippen LogP) is 3.34. The summed E-state index contributed by atoms with van der Waals surface area (Å²) in [5, 5.41) is 22.9. The number of anilines is 1. The van der Waals surface area contributed by atoms with Crippen molar-refractivity contribution >= 4 is 11.5 Å². The monoisotopic (exact) mass is 282 g/mol. The summed E-state index contributed by atoms with van der Waals surface area (Å²) in [5.74, 6) is 0.344. The standard InChI is InChI=1S/C15H14N4O2/c1-10-3-5-12(6-4-10)11(2)18-15-13(8-16)7-14(9-17-15)19(20)21/h3-7,9,11H,1-2H3,(H,17,18). The Balaban J connectivity index is 2.25. The highest BCUT2D eigenvalue weighted by atomic mass is 16.6. The Morgan fingerprint density at radius 3 is 2.62 bits per heavy atom. The Kier molecular flexibility index (Phi) is 4.14. The summed E-state index contributed by atoms with van der Waals surface area (Å²) in [4.78, 5) is 14.1. The Morgan fingerprint density at radius 1 is 1.38 bits per heavy atom. The van der Waals surface area contributed by atoms with E-state index in [1.807, 2.05) is 44.2 Å². The first-order valence-electron chi connectivity index (χ1n) is 6.39. The molecule has 1 atom stereocenters. The van der Waals surface area contributed by atoms with Crippen LogP contribution in [0.2, 0.25) is 0 Å². The van der Waals surface area contributed by atoms with Gasteiger partial charge in [-0.3, -0.25) is 10.1 Å². The fourth-order valence-corrected chi connectivity index (χ4v) is 1.90. The van der Waals surface area contributed by atoms with Gasteiger partial charge in [-0.25, -0.2) is 4.98 Å². The van der Waals surface area contributed by atoms with Crippen molar-refractivity contribution in [2.45, 2.75) is 19.9 Å². The number of aryl methyl sites for hydroxylation is 1. The third kappa shape index (κ3) is 3.34. The van der Waals surface area contributed by atoms with Crippen LogP contribution in [-0.2, 0) is 0 Å². The maximum absolute atomic E-state index is 10.7. The molecule has 1 heterocycles. The van der Waals surface area contributed by atoms with Crippen LogP contribution in [-0.4, -0.2) is 9.91 Å². The quantitative estimate of drug-likeness (QED) is 0.685. The van der Waals surface area contributed by atoms with Gasteiger partial charge in [0.2, 0.25) is 0 Å². The second kappa shape index (κ2) is 6.01. The van der Waals surface area contributed by atoms with Crippen LogP contribution in [0.3, 0.4) is 0 Å². The highest BCUT2D eigenvalue weighted by Gasteiger charge is 2.14. The molecule has 0 saturated heterocycles. The molecule has 0 amide bonds. The number of nitrogens with zero attached hydrogens (tertiary/aromatic N) is 3. The summed E-state index contributed by atoms with van der Waals surface area (Å²) in [5.41, 5.74) is 2.17. The van der Waals surface area contributed by atoms with E-state index < -0.39 is 4.92 Å². The van der Waals surface area contributed by atoms with E-state index in [1.165, 1.54) is 6.07 Å². The average molecular weight is 282 g/mol. The predicted molar refractivity (Wildman–Crippen MR) is 78.8 cm³/mol. The summed E-state index contributed by atoms with van der Waals surface area (Å²) >= 11 is 0. The Morgan fingerprint density at radius 2 is 2.05 bits per heavy atom. The van der Waals surface area contributed by atoms with E-state index in [2.05, 4.69) is 10.3 Å². The lowest BCUT2D eigenvalue weighted by molar-refractivity contribution is -0.385. The lowest BCUT2D eigenvalue weighted by Gasteiger charge is -2.15. The fourth-order valence-electron chi connectivity index (χ4n) is 1.90. The largest absolute Gasteiger partial charge is 0.362 e. The van der Waals surface area contributed by atoms with Crippen molar-refractivity contribution in [2.24, 2.45) is 0 Å². The minimum absolute atomic E-state index is 0.0633. The molecule has 0 fully saturated rings. The Hall–Kier alpha value is -2.94. The zero-order valence-corrected chi connectivity index (χ0v) is 11.7. The maximum Gasteiger partial charge on any atom is 0.289 e. The number of aromatic nitrogens is 1. The first-order valence-corrected chi connectivity index (χ1v) is 6.39. The van der Waals surface area contributed by atoms with Gasteiger partial charge >= 0.3 is 0 Å². The van der Waals surface area contributed by atoms with E-state index in [1.54, 1.807) is 0 Å². The van der Waals surface area contributed by atoms with Crippen LogP contribution in [0.4, 0.5) is 11.5 Å². The minimum atomic E-state index is -0.568. The van der Waals surface area contributed by atoms with E-state index in [4.69, 9.17) is 5.26 Å². The molecule has 2 rings (SSSR count). The molecular weight excluding hydrogens is 268 g/mol. The maximum atomic E-state index is 10.7. The summed E-state index contributed by atoms with van der Waals surface area (Å²) in [6.07, 6.45) is 1.14. The van der Waals surface area contributed by atoms with Gasteiger partial charge in [0.05, 0.1) is 4.92 Å². The summed E-state index contributed by atoms with van der Waals surface area (Å²) < 4.78 is 0. The highest BCUT2D eigenvalue weighted by molar-refractivity contribution is 5.56. The normalized spacial score (nSPS) is 11.5. The molecule has 106 valence electrons. The van der Waals surface area contributed by atoms with Gasteiger partial charge in [-0.05, 0) is 19.4 Å². The molecule has 2 aromatic rings. The third-order valence-electron chi connectivity index (χ3n) is 3.14. The number of benzene rings is 1. The second-order valence-electron chi connectivity index (χ2n) is 4.74. The Bertz CT molecular complexity index is 705. The van der Waals surface area contributed by atoms with Gasteiger partial charge in [-0.1, -0.05) is 29.8 Å². The smallest absolute Gasteiger partial charge is 0.289 e. The molecule has 0 spiro atoms. The molecule has 1 aromatic carbocycles. The van der Waals surface area contributed by atoms with Crippen molar-refractivity contribution in [3.05, 3.63) is 63.3 Å². The van der Waals surface area contributed by atoms with Crippen molar-refractivity contribution in [2.75, 3.05) is 5.32 Å². The van der Waals surface area contributed by atoms with Crippen molar-refractivity contribution in [3.8, 4) is 6.07 Å². The van der Waals surface area contributed by atoms with Gasteiger partial charge in [0.1, 0.15) is 23.6 Å². The van der Waals surface area contributed by atoms with Gasteiger partial charge in [0, 0.05) is 12.1 Å². The molecule has 6 nitrogen and oxygen atoms in total. The third-order valence-corrected chi connectivity index (χ3v) is 3.14. The van der Waals surface area contributed by atoms with Crippen molar-refractivity contribution < 1.29 is 4.92 Å². The van der Waals surface area contributed by atoms with E-state index >= 15 is 0 Å². The fraction of sp³-hybridized carbons (Fsp3) is 0.200. The van der Waals surface area contributed by atoms with Crippen LogP contribution >= 0.6 is 0 Å². The van der Waals surface area contributed by atoms with Crippen LogP contribution in [0.5, 0.6) is 0 Å². The molecule has 21 heavy (non-hydrogen) atoms. The molecular formula is C15H14N4O2. The molecule has 0 radical (unpaired) electrons.